The van der Waals surface area contributed by atoms with Crippen molar-refractivity contribution >= 4 is 23.0 Å². The van der Waals surface area contributed by atoms with Crippen LogP contribution in [0.5, 0.6) is 0 Å². The molecular weight excluding hydrogens is 298 g/mol. The summed E-state index contributed by atoms with van der Waals surface area (Å²) in [6, 6.07) is 4.37. The van der Waals surface area contributed by atoms with E-state index < -0.39 is 11.9 Å². The van der Waals surface area contributed by atoms with E-state index in [9.17, 15) is 9.59 Å². The van der Waals surface area contributed by atoms with Crippen molar-refractivity contribution in [1.82, 2.24) is 15.3 Å². The van der Waals surface area contributed by atoms with Crippen LogP contribution in [0.15, 0.2) is 24.5 Å². The maximum Gasteiger partial charge on any atom is 0.303 e. The number of nitrogens with one attached hydrogen (secondary N) is 1. The summed E-state index contributed by atoms with van der Waals surface area (Å²) in [7, 11) is 0. The molecule has 1 aromatic heterocycles. The zero-order valence-corrected chi connectivity index (χ0v) is 12.7. The molecule has 1 aliphatic heterocycles. The minimum atomic E-state index is -1.08. The van der Waals surface area contributed by atoms with Crippen molar-refractivity contribution in [3.63, 3.8) is 0 Å². The molecule has 2 aromatic rings. The number of carboxylic acid groups (broad SMARTS) is 2. The Balaban J connectivity index is 0.000000207. The van der Waals surface area contributed by atoms with Crippen molar-refractivity contribution in [2.24, 2.45) is 0 Å². The molecule has 0 atom stereocenters. The summed E-state index contributed by atoms with van der Waals surface area (Å²) < 4.78 is 0. The number of nitrogens with zero attached hydrogens (tertiary/aromatic N) is 2. The molecule has 7 nitrogen and oxygen atoms in total. The molecule has 3 rings (SSSR count). The van der Waals surface area contributed by atoms with Crippen LogP contribution < -0.4 is 5.32 Å². The number of aromatic nitrogens is 2. The van der Waals surface area contributed by atoms with Gasteiger partial charge in [-0.3, -0.25) is 19.6 Å². The van der Waals surface area contributed by atoms with E-state index in [1.807, 2.05) is 0 Å². The molecule has 0 amide bonds. The Morgan fingerprint density at radius 3 is 1.74 bits per heavy atom. The van der Waals surface area contributed by atoms with Crippen LogP contribution in [-0.2, 0) is 22.4 Å². The average Bonchev–Trinajstić information content (AvgIpc) is 2.76. The molecule has 0 radical (unpaired) electrons. The fourth-order valence-electron chi connectivity index (χ4n) is 2.35. The summed E-state index contributed by atoms with van der Waals surface area (Å²) >= 11 is 0. The maximum atomic E-state index is 9.64. The Morgan fingerprint density at radius 2 is 1.35 bits per heavy atom. The molecule has 0 bridgehead atoms. The summed E-state index contributed by atoms with van der Waals surface area (Å²) in [5, 5.41) is 19.2. The molecule has 0 saturated carbocycles. The number of carboxylic acids is 2. The van der Waals surface area contributed by atoms with Crippen molar-refractivity contribution in [1.29, 1.82) is 0 Å². The molecule has 0 spiro atoms. The van der Waals surface area contributed by atoms with Crippen LogP contribution in [0.1, 0.15) is 24.0 Å². The lowest BCUT2D eigenvalue weighted by molar-refractivity contribution is -0.143. The minimum absolute atomic E-state index is 0.296. The third kappa shape index (κ3) is 5.30. The summed E-state index contributed by atoms with van der Waals surface area (Å²) in [4.78, 5) is 28.0. The van der Waals surface area contributed by atoms with E-state index in [1.54, 1.807) is 12.4 Å². The van der Waals surface area contributed by atoms with E-state index >= 15 is 0 Å². The summed E-state index contributed by atoms with van der Waals surface area (Å²) in [6.45, 7) is 2.14. The van der Waals surface area contributed by atoms with Crippen LogP contribution in [-0.4, -0.2) is 45.2 Å². The summed E-state index contributed by atoms with van der Waals surface area (Å²) in [5.74, 6) is -2.15. The third-order valence-electron chi connectivity index (χ3n) is 3.49. The van der Waals surface area contributed by atoms with E-state index in [1.165, 1.54) is 11.1 Å². The molecule has 7 heteroatoms. The van der Waals surface area contributed by atoms with Crippen LogP contribution in [0.4, 0.5) is 0 Å². The number of carbonyl (C=O) groups is 2. The maximum absolute atomic E-state index is 9.64. The molecule has 122 valence electrons. The van der Waals surface area contributed by atoms with Crippen LogP contribution in [0.2, 0.25) is 0 Å². The zero-order valence-electron chi connectivity index (χ0n) is 12.7. The van der Waals surface area contributed by atoms with E-state index in [-0.39, 0.29) is 12.8 Å². The summed E-state index contributed by atoms with van der Waals surface area (Å²) in [5.41, 5.74) is 4.87. The lowest BCUT2D eigenvalue weighted by atomic mass is 10.0. The number of hydrogen-bond donors (Lipinski definition) is 3. The Hall–Kier alpha value is -2.54. The normalized spacial score (nSPS) is 13.4. The second kappa shape index (κ2) is 8.19. The first-order valence-electron chi connectivity index (χ1n) is 7.43. The van der Waals surface area contributed by atoms with E-state index in [4.69, 9.17) is 10.2 Å². The smallest absolute Gasteiger partial charge is 0.303 e. The van der Waals surface area contributed by atoms with Crippen LogP contribution in [0, 0.1) is 0 Å². The minimum Gasteiger partial charge on any atom is -0.481 e. The van der Waals surface area contributed by atoms with Crippen LogP contribution in [0.3, 0.4) is 0 Å². The largest absolute Gasteiger partial charge is 0.481 e. The molecule has 0 aliphatic carbocycles. The Bertz CT molecular complexity index is 644. The van der Waals surface area contributed by atoms with Crippen molar-refractivity contribution in [2.75, 3.05) is 13.1 Å². The highest BCUT2D eigenvalue weighted by molar-refractivity contribution is 5.76. The van der Waals surface area contributed by atoms with Crippen molar-refractivity contribution < 1.29 is 19.8 Å². The van der Waals surface area contributed by atoms with E-state index in [2.05, 4.69) is 27.4 Å². The van der Waals surface area contributed by atoms with Gasteiger partial charge in [0.1, 0.15) is 0 Å². The SMILES string of the molecule is O=C(O)CCC(=O)O.c1cnc2cc3c(cc2n1)CCNCC3. The number of rotatable bonds is 3. The van der Waals surface area contributed by atoms with Crippen LogP contribution >= 0.6 is 0 Å². The molecule has 0 fully saturated rings. The van der Waals surface area contributed by atoms with Crippen molar-refractivity contribution in [3.05, 3.63) is 35.7 Å². The Labute approximate surface area is 133 Å². The van der Waals surface area contributed by atoms with E-state index in [0.29, 0.717) is 0 Å². The van der Waals surface area contributed by atoms with Gasteiger partial charge in [0.05, 0.1) is 23.9 Å². The van der Waals surface area contributed by atoms with Gasteiger partial charge in [0.15, 0.2) is 0 Å². The quantitative estimate of drug-likeness (QED) is 0.781. The first-order valence-corrected chi connectivity index (χ1v) is 7.43. The molecule has 1 aromatic carbocycles. The molecule has 3 N–H and O–H groups in total. The van der Waals surface area contributed by atoms with Gasteiger partial charge in [-0.2, -0.15) is 0 Å². The number of hydrogen-bond acceptors (Lipinski definition) is 5. The standard InChI is InChI=1S/C12H13N3.C4H6O4/c1-3-13-4-2-10-8-12-11(7-9(1)10)14-5-6-15-12;5-3(6)1-2-4(7)8/h5-8,13H,1-4H2;1-2H2,(H,5,6)(H,7,8). The monoisotopic (exact) mass is 317 g/mol. The fourth-order valence-corrected chi connectivity index (χ4v) is 2.35. The van der Waals surface area contributed by atoms with Crippen LogP contribution in [0.25, 0.3) is 11.0 Å². The zero-order chi connectivity index (χ0) is 16.7. The van der Waals surface area contributed by atoms with Gasteiger partial charge < -0.3 is 15.5 Å². The molecule has 0 unspecified atom stereocenters. The van der Waals surface area contributed by atoms with Gasteiger partial charge in [0, 0.05) is 12.4 Å². The Morgan fingerprint density at radius 1 is 0.913 bits per heavy atom. The van der Waals surface area contributed by atoms with Gasteiger partial charge in [-0.1, -0.05) is 0 Å². The molecule has 2 heterocycles. The lowest BCUT2D eigenvalue weighted by Gasteiger charge is -2.05. The fraction of sp³-hybridized carbons (Fsp3) is 0.375. The van der Waals surface area contributed by atoms with Crippen molar-refractivity contribution in [2.45, 2.75) is 25.7 Å². The summed E-state index contributed by atoms with van der Waals surface area (Å²) in [6.07, 6.45) is 5.11. The topological polar surface area (TPSA) is 112 Å². The van der Waals surface area contributed by atoms with Gasteiger partial charge in [-0.25, -0.2) is 0 Å². The van der Waals surface area contributed by atoms with Gasteiger partial charge in [-0.05, 0) is 49.2 Å². The number of aliphatic carboxylic acids is 2. The van der Waals surface area contributed by atoms with Gasteiger partial charge >= 0.3 is 11.9 Å². The second-order valence-corrected chi connectivity index (χ2v) is 5.20. The van der Waals surface area contributed by atoms with Gasteiger partial charge in [-0.15, -0.1) is 0 Å². The highest BCUT2D eigenvalue weighted by atomic mass is 16.4. The molecule has 1 aliphatic rings. The predicted molar refractivity (Wildman–Crippen MR) is 84.3 cm³/mol. The third-order valence-corrected chi connectivity index (χ3v) is 3.49. The highest BCUT2D eigenvalue weighted by Crippen LogP contribution is 2.18. The lowest BCUT2D eigenvalue weighted by Crippen LogP contribution is -2.16. The molecule has 23 heavy (non-hydrogen) atoms. The first-order chi connectivity index (χ1) is 11.1. The number of benzene rings is 1. The highest BCUT2D eigenvalue weighted by Gasteiger charge is 2.09. The number of fused-ring (bicyclic) bond motifs is 2. The second-order valence-electron chi connectivity index (χ2n) is 5.20. The van der Waals surface area contributed by atoms with Gasteiger partial charge in [0.25, 0.3) is 0 Å². The van der Waals surface area contributed by atoms with Gasteiger partial charge in [0.2, 0.25) is 0 Å². The average molecular weight is 317 g/mol. The first kappa shape index (κ1) is 16.8. The molecule has 0 saturated heterocycles. The van der Waals surface area contributed by atoms with E-state index in [0.717, 1.165) is 37.0 Å². The Kier molecular flexibility index (Phi) is 5.99. The molecular formula is C16H19N3O4. The predicted octanol–water partition coefficient (Wildman–Crippen LogP) is 1.25. The van der Waals surface area contributed by atoms with Crippen molar-refractivity contribution in [3.8, 4) is 0 Å².